The van der Waals surface area contributed by atoms with Crippen LogP contribution in [0.5, 0.6) is 0 Å². The van der Waals surface area contributed by atoms with Crippen molar-refractivity contribution in [1.82, 2.24) is 5.32 Å². The van der Waals surface area contributed by atoms with Crippen molar-refractivity contribution in [2.24, 2.45) is 0 Å². The second-order valence-electron chi connectivity index (χ2n) is 2.84. The summed E-state index contributed by atoms with van der Waals surface area (Å²) >= 11 is 0. The molecule has 5 heteroatoms. The van der Waals surface area contributed by atoms with Gasteiger partial charge in [-0.1, -0.05) is 0 Å². The monoisotopic (exact) mass is 189 g/mol. The van der Waals surface area contributed by atoms with Gasteiger partial charge in [-0.3, -0.25) is 9.59 Å². The van der Waals surface area contributed by atoms with Crippen LogP contribution in [-0.4, -0.2) is 36.2 Å². The van der Waals surface area contributed by atoms with Crippen molar-refractivity contribution in [2.45, 2.75) is 32.4 Å². The summed E-state index contributed by atoms with van der Waals surface area (Å²) in [5.41, 5.74) is 0. The number of amides is 1. The predicted molar refractivity (Wildman–Crippen MR) is 45.9 cm³/mol. The quantitative estimate of drug-likeness (QED) is 0.581. The number of aliphatic hydroxyl groups is 1. The Morgan fingerprint density at radius 2 is 2.08 bits per heavy atom. The van der Waals surface area contributed by atoms with Gasteiger partial charge in [0.15, 0.2) is 0 Å². The Balaban J connectivity index is 3.88. The molecule has 0 heterocycles. The maximum absolute atomic E-state index is 10.7. The smallest absolute Gasteiger partial charge is 0.308 e. The second kappa shape index (κ2) is 5.53. The van der Waals surface area contributed by atoms with Crippen molar-refractivity contribution >= 4 is 11.9 Å². The number of ether oxygens (including phenoxy) is 1. The third-order valence-electron chi connectivity index (χ3n) is 1.61. The average Bonchev–Trinajstić information content (AvgIpc) is 2.02. The second-order valence-corrected chi connectivity index (χ2v) is 2.84. The summed E-state index contributed by atoms with van der Waals surface area (Å²) in [5.74, 6) is -0.735. The molecule has 0 aliphatic rings. The summed E-state index contributed by atoms with van der Waals surface area (Å²) in [6, 6.07) is -0.448. The minimum absolute atomic E-state index is 0.113. The average molecular weight is 189 g/mol. The fourth-order valence-corrected chi connectivity index (χ4v) is 0.848. The fourth-order valence-electron chi connectivity index (χ4n) is 0.848. The first-order chi connectivity index (χ1) is 5.97. The van der Waals surface area contributed by atoms with Crippen LogP contribution in [0.2, 0.25) is 0 Å². The van der Waals surface area contributed by atoms with Crippen LogP contribution in [0.25, 0.3) is 0 Å². The number of methoxy groups -OCH3 is 1. The molecular weight excluding hydrogens is 174 g/mol. The van der Waals surface area contributed by atoms with Crippen LogP contribution in [0, 0.1) is 0 Å². The molecule has 1 amide bonds. The van der Waals surface area contributed by atoms with E-state index in [0.717, 1.165) is 0 Å². The van der Waals surface area contributed by atoms with Gasteiger partial charge in [0.25, 0.3) is 0 Å². The topological polar surface area (TPSA) is 75.6 Å². The van der Waals surface area contributed by atoms with Gasteiger partial charge in [-0.05, 0) is 6.92 Å². The molecule has 0 radical (unpaired) electrons. The van der Waals surface area contributed by atoms with Gasteiger partial charge in [-0.2, -0.15) is 0 Å². The number of aliphatic hydroxyl groups excluding tert-OH is 1. The summed E-state index contributed by atoms with van der Waals surface area (Å²) in [6.45, 7) is 2.97. The third-order valence-corrected chi connectivity index (χ3v) is 1.61. The minimum atomic E-state index is -0.906. The Morgan fingerprint density at radius 1 is 1.54 bits per heavy atom. The van der Waals surface area contributed by atoms with Crippen LogP contribution in [0.4, 0.5) is 0 Å². The lowest BCUT2D eigenvalue weighted by atomic mass is 10.1. The van der Waals surface area contributed by atoms with Crippen LogP contribution in [0.15, 0.2) is 0 Å². The summed E-state index contributed by atoms with van der Waals surface area (Å²) in [6.07, 6.45) is -1.02. The van der Waals surface area contributed by atoms with Gasteiger partial charge in [0.1, 0.15) is 0 Å². The van der Waals surface area contributed by atoms with Gasteiger partial charge in [0.05, 0.1) is 25.7 Å². The molecule has 5 nitrogen and oxygen atoms in total. The molecule has 13 heavy (non-hydrogen) atoms. The maximum atomic E-state index is 10.7. The molecule has 0 aliphatic heterocycles. The van der Waals surface area contributed by atoms with Gasteiger partial charge in [0.2, 0.25) is 5.91 Å². The van der Waals surface area contributed by atoms with E-state index < -0.39 is 18.1 Å². The lowest BCUT2D eigenvalue weighted by molar-refractivity contribution is -0.143. The molecule has 0 saturated heterocycles. The number of nitrogens with one attached hydrogen (secondary N) is 1. The highest BCUT2D eigenvalue weighted by molar-refractivity contribution is 5.73. The van der Waals surface area contributed by atoms with E-state index >= 15 is 0 Å². The van der Waals surface area contributed by atoms with E-state index in [9.17, 15) is 14.7 Å². The van der Waals surface area contributed by atoms with E-state index in [1.807, 2.05) is 0 Å². The van der Waals surface area contributed by atoms with Crippen molar-refractivity contribution in [1.29, 1.82) is 0 Å². The molecule has 0 fully saturated rings. The van der Waals surface area contributed by atoms with Crippen LogP contribution >= 0.6 is 0 Å². The Morgan fingerprint density at radius 3 is 2.46 bits per heavy atom. The molecule has 2 atom stereocenters. The minimum Gasteiger partial charge on any atom is -0.469 e. The molecule has 0 aromatic rings. The standard InChI is InChI=1S/C8H15NO4/c1-5(9-6(2)10)7(11)4-8(12)13-3/h5,7,11H,4H2,1-3H3,(H,9,10). The highest BCUT2D eigenvalue weighted by Crippen LogP contribution is 1.99. The van der Waals surface area contributed by atoms with E-state index in [2.05, 4.69) is 10.1 Å². The number of rotatable bonds is 4. The number of carbonyl (C=O) groups excluding carboxylic acids is 2. The van der Waals surface area contributed by atoms with E-state index in [0.29, 0.717) is 0 Å². The third kappa shape index (κ3) is 5.19. The Kier molecular flexibility index (Phi) is 5.06. The number of esters is 1. The van der Waals surface area contributed by atoms with Crippen LogP contribution in [-0.2, 0) is 14.3 Å². The summed E-state index contributed by atoms with van der Waals surface area (Å²) in [4.78, 5) is 21.3. The molecule has 2 N–H and O–H groups in total. The van der Waals surface area contributed by atoms with E-state index in [1.54, 1.807) is 6.92 Å². The first-order valence-corrected chi connectivity index (χ1v) is 3.99. The number of hydrogen-bond donors (Lipinski definition) is 2. The molecule has 0 aliphatic carbocycles. The van der Waals surface area contributed by atoms with Crippen molar-refractivity contribution in [3.8, 4) is 0 Å². The van der Waals surface area contributed by atoms with Crippen LogP contribution in [0.3, 0.4) is 0 Å². The lowest BCUT2D eigenvalue weighted by Gasteiger charge is -2.18. The largest absolute Gasteiger partial charge is 0.469 e. The normalized spacial score (nSPS) is 14.5. The number of carbonyl (C=O) groups is 2. The van der Waals surface area contributed by atoms with Crippen LogP contribution in [0.1, 0.15) is 20.3 Å². The first-order valence-electron chi connectivity index (χ1n) is 3.99. The van der Waals surface area contributed by atoms with Crippen molar-refractivity contribution in [2.75, 3.05) is 7.11 Å². The van der Waals surface area contributed by atoms with Crippen LogP contribution < -0.4 is 5.32 Å². The fraction of sp³-hybridized carbons (Fsp3) is 0.750. The van der Waals surface area contributed by atoms with E-state index in [4.69, 9.17) is 0 Å². The Bertz CT molecular complexity index is 193. The molecule has 0 bridgehead atoms. The Hall–Kier alpha value is -1.10. The molecule has 76 valence electrons. The summed E-state index contributed by atoms with van der Waals surface area (Å²) in [5, 5.41) is 11.8. The van der Waals surface area contributed by atoms with Gasteiger partial charge < -0.3 is 15.2 Å². The van der Waals surface area contributed by atoms with Gasteiger partial charge in [-0.25, -0.2) is 0 Å². The molecule has 0 saturated carbocycles. The van der Waals surface area contributed by atoms with Crippen molar-refractivity contribution in [3.05, 3.63) is 0 Å². The van der Waals surface area contributed by atoms with Gasteiger partial charge in [0, 0.05) is 6.92 Å². The molecule has 2 unspecified atom stereocenters. The van der Waals surface area contributed by atoms with E-state index in [1.165, 1.54) is 14.0 Å². The zero-order valence-electron chi connectivity index (χ0n) is 8.03. The molecule has 0 aromatic carbocycles. The zero-order valence-corrected chi connectivity index (χ0v) is 8.03. The summed E-state index contributed by atoms with van der Waals surface area (Å²) < 4.78 is 4.36. The zero-order chi connectivity index (χ0) is 10.4. The summed E-state index contributed by atoms with van der Waals surface area (Å²) in [7, 11) is 1.25. The Labute approximate surface area is 77.1 Å². The van der Waals surface area contributed by atoms with Crippen molar-refractivity contribution < 1.29 is 19.4 Å². The number of hydrogen-bond acceptors (Lipinski definition) is 4. The predicted octanol–water partition coefficient (Wildman–Crippen LogP) is -0.565. The first kappa shape index (κ1) is 11.9. The van der Waals surface area contributed by atoms with E-state index in [-0.39, 0.29) is 12.3 Å². The molecule has 0 aromatic heterocycles. The molecular formula is C8H15NO4. The van der Waals surface area contributed by atoms with Gasteiger partial charge in [-0.15, -0.1) is 0 Å². The molecule has 0 spiro atoms. The highest BCUT2D eigenvalue weighted by Gasteiger charge is 2.18. The SMILES string of the molecule is COC(=O)CC(O)C(C)NC(C)=O. The molecule has 0 rings (SSSR count). The maximum Gasteiger partial charge on any atom is 0.308 e. The lowest BCUT2D eigenvalue weighted by Crippen LogP contribution is -2.41. The van der Waals surface area contributed by atoms with Gasteiger partial charge >= 0.3 is 5.97 Å². The highest BCUT2D eigenvalue weighted by atomic mass is 16.5. The van der Waals surface area contributed by atoms with Crippen molar-refractivity contribution in [3.63, 3.8) is 0 Å².